The summed E-state index contributed by atoms with van der Waals surface area (Å²) in [6, 6.07) is 6.37. The SMILES string of the molecule is Cc1ccc(C)c(C(N)C2CNCCO2)c1. The fourth-order valence-electron chi connectivity index (χ4n) is 2.14. The van der Waals surface area contributed by atoms with Crippen molar-refractivity contribution in [3.8, 4) is 0 Å². The van der Waals surface area contributed by atoms with E-state index in [0.29, 0.717) is 0 Å². The average Bonchev–Trinajstić information content (AvgIpc) is 2.32. The van der Waals surface area contributed by atoms with Crippen LogP contribution in [0.5, 0.6) is 0 Å². The fraction of sp³-hybridized carbons (Fsp3) is 0.538. The van der Waals surface area contributed by atoms with E-state index >= 15 is 0 Å². The molecule has 2 unspecified atom stereocenters. The molecule has 0 radical (unpaired) electrons. The van der Waals surface area contributed by atoms with Crippen LogP contribution in [-0.2, 0) is 4.74 Å². The molecular weight excluding hydrogens is 200 g/mol. The number of benzene rings is 1. The molecule has 0 aliphatic carbocycles. The smallest absolute Gasteiger partial charge is 0.0892 e. The first-order valence-electron chi connectivity index (χ1n) is 5.83. The second-order valence-corrected chi connectivity index (χ2v) is 4.50. The van der Waals surface area contributed by atoms with Crippen molar-refractivity contribution in [2.24, 2.45) is 5.73 Å². The highest BCUT2D eigenvalue weighted by Gasteiger charge is 2.23. The van der Waals surface area contributed by atoms with Crippen LogP contribution in [0.3, 0.4) is 0 Å². The van der Waals surface area contributed by atoms with Crippen LogP contribution < -0.4 is 11.1 Å². The van der Waals surface area contributed by atoms with E-state index in [4.69, 9.17) is 10.5 Å². The van der Waals surface area contributed by atoms with Crippen molar-refractivity contribution in [2.45, 2.75) is 26.0 Å². The molecule has 1 aromatic rings. The van der Waals surface area contributed by atoms with Gasteiger partial charge in [-0.25, -0.2) is 0 Å². The van der Waals surface area contributed by atoms with E-state index in [2.05, 4.69) is 37.4 Å². The Morgan fingerprint density at radius 2 is 2.25 bits per heavy atom. The molecule has 16 heavy (non-hydrogen) atoms. The molecule has 1 fully saturated rings. The summed E-state index contributed by atoms with van der Waals surface area (Å²) in [6.45, 7) is 6.72. The number of aryl methyl sites for hydroxylation is 2. The minimum absolute atomic E-state index is 0.0345. The van der Waals surface area contributed by atoms with Crippen LogP contribution in [0, 0.1) is 13.8 Å². The molecular formula is C13H20N2O. The van der Waals surface area contributed by atoms with E-state index in [1.165, 1.54) is 16.7 Å². The maximum Gasteiger partial charge on any atom is 0.0892 e. The second-order valence-electron chi connectivity index (χ2n) is 4.50. The number of nitrogens with one attached hydrogen (secondary N) is 1. The molecule has 0 aromatic heterocycles. The standard InChI is InChI=1S/C13H20N2O/c1-9-3-4-10(2)11(7-9)13(14)12-8-15-5-6-16-12/h3-4,7,12-13,15H,5-6,8,14H2,1-2H3. The van der Waals surface area contributed by atoms with Gasteiger partial charge in [0, 0.05) is 13.1 Å². The van der Waals surface area contributed by atoms with Crippen LogP contribution >= 0.6 is 0 Å². The first-order valence-corrected chi connectivity index (χ1v) is 5.83. The summed E-state index contributed by atoms with van der Waals surface area (Å²) >= 11 is 0. The molecule has 2 rings (SSSR count). The van der Waals surface area contributed by atoms with Crippen molar-refractivity contribution < 1.29 is 4.74 Å². The van der Waals surface area contributed by atoms with Crippen LogP contribution in [0.2, 0.25) is 0 Å². The van der Waals surface area contributed by atoms with Crippen LogP contribution in [-0.4, -0.2) is 25.8 Å². The van der Waals surface area contributed by atoms with Gasteiger partial charge in [-0.3, -0.25) is 0 Å². The Hall–Kier alpha value is -0.900. The van der Waals surface area contributed by atoms with E-state index < -0.39 is 0 Å². The molecule has 0 saturated carbocycles. The minimum Gasteiger partial charge on any atom is -0.374 e. The predicted molar refractivity (Wildman–Crippen MR) is 65.5 cm³/mol. The molecule has 88 valence electrons. The van der Waals surface area contributed by atoms with Gasteiger partial charge in [0.15, 0.2) is 0 Å². The van der Waals surface area contributed by atoms with Crippen molar-refractivity contribution in [2.75, 3.05) is 19.7 Å². The van der Waals surface area contributed by atoms with Gasteiger partial charge in [0.2, 0.25) is 0 Å². The molecule has 1 saturated heterocycles. The van der Waals surface area contributed by atoms with Gasteiger partial charge >= 0.3 is 0 Å². The Balaban J connectivity index is 2.18. The Kier molecular flexibility index (Phi) is 3.59. The number of hydrogen-bond acceptors (Lipinski definition) is 3. The molecule has 0 spiro atoms. The van der Waals surface area contributed by atoms with Gasteiger partial charge in [-0.15, -0.1) is 0 Å². The van der Waals surface area contributed by atoms with E-state index in [1.807, 2.05) is 0 Å². The van der Waals surface area contributed by atoms with E-state index in [0.717, 1.165) is 19.7 Å². The fourth-order valence-corrected chi connectivity index (χ4v) is 2.14. The molecule has 3 N–H and O–H groups in total. The van der Waals surface area contributed by atoms with Gasteiger partial charge in [0.1, 0.15) is 0 Å². The normalized spacial score (nSPS) is 23.1. The van der Waals surface area contributed by atoms with Crippen LogP contribution in [0.25, 0.3) is 0 Å². The Morgan fingerprint density at radius 1 is 1.44 bits per heavy atom. The summed E-state index contributed by atoms with van der Waals surface area (Å²) in [7, 11) is 0. The van der Waals surface area contributed by atoms with Gasteiger partial charge in [0.05, 0.1) is 18.8 Å². The van der Waals surface area contributed by atoms with Gasteiger partial charge in [-0.05, 0) is 25.0 Å². The molecule has 3 nitrogen and oxygen atoms in total. The third kappa shape index (κ3) is 2.43. The molecule has 0 bridgehead atoms. The van der Waals surface area contributed by atoms with Crippen molar-refractivity contribution in [3.05, 3.63) is 34.9 Å². The molecule has 1 aliphatic heterocycles. The monoisotopic (exact) mass is 220 g/mol. The highest BCUT2D eigenvalue weighted by molar-refractivity contribution is 5.33. The van der Waals surface area contributed by atoms with Crippen molar-refractivity contribution in [3.63, 3.8) is 0 Å². The number of ether oxygens (including phenoxy) is 1. The average molecular weight is 220 g/mol. The quantitative estimate of drug-likeness (QED) is 0.789. The zero-order valence-electron chi connectivity index (χ0n) is 9.99. The van der Waals surface area contributed by atoms with E-state index in [-0.39, 0.29) is 12.1 Å². The highest BCUT2D eigenvalue weighted by Crippen LogP contribution is 2.22. The largest absolute Gasteiger partial charge is 0.374 e. The van der Waals surface area contributed by atoms with Crippen LogP contribution in [0.15, 0.2) is 18.2 Å². The lowest BCUT2D eigenvalue weighted by atomic mass is 9.95. The summed E-state index contributed by atoms with van der Waals surface area (Å²) in [5.41, 5.74) is 9.97. The van der Waals surface area contributed by atoms with Crippen molar-refractivity contribution in [1.82, 2.24) is 5.32 Å². The third-order valence-electron chi connectivity index (χ3n) is 3.15. The summed E-state index contributed by atoms with van der Waals surface area (Å²) < 4.78 is 5.70. The predicted octanol–water partition coefficient (Wildman–Crippen LogP) is 1.29. The highest BCUT2D eigenvalue weighted by atomic mass is 16.5. The molecule has 1 aromatic carbocycles. The number of rotatable bonds is 2. The van der Waals surface area contributed by atoms with Gasteiger partial charge in [0.25, 0.3) is 0 Å². The molecule has 3 heteroatoms. The Bertz CT molecular complexity index is 359. The summed E-state index contributed by atoms with van der Waals surface area (Å²) in [6.07, 6.45) is 0.0919. The summed E-state index contributed by atoms with van der Waals surface area (Å²) in [5.74, 6) is 0. The van der Waals surface area contributed by atoms with Gasteiger partial charge < -0.3 is 15.8 Å². The lowest BCUT2D eigenvalue weighted by molar-refractivity contribution is 0.0121. The zero-order valence-corrected chi connectivity index (χ0v) is 9.99. The minimum atomic E-state index is -0.0345. The maximum atomic E-state index is 6.27. The van der Waals surface area contributed by atoms with Crippen LogP contribution in [0.1, 0.15) is 22.7 Å². The zero-order chi connectivity index (χ0) is 11.5. The number of hydrogen-bond donors (Lipinski definition) is 2. The lowest BCUT2D eigenvalue weighted by Gasteiger charge is -2.29. The number of morpholine rings is 1. The molecule has 2 atom stereocenters. The maximum absolute atomic E-state index is 6.27. The first kappa shape index (κ1) is 11.6. The summed E-state index contributed by atoms with van der Waals surface area (Å²) in [5, 5.41) is 3.31. The Morgan fingerprint density at radius 3 is 2.94 bits per heavy atom. The van der Waals surface area contributed by atoms with Gasteiger partial charge in [-0.1, -0.05) is 23.8 Å². The first-order chi connectivity index (χ1) is 7.68. The molecule has 0 amide bonds. The lowest BCUT2D eigenvalue weighted by Crippen LogP contribution is -2.44. The molecule has 1 aliphatic rings. The second kappa shape index (κ2) is 4.95. The summed E-state index contributed by atoms with van der Waals surface area (Å²) in [4.78, 5) is 0. The number of nitrogens with two attached hydrogens (primary N) is 1. The van der Waals surface area contributed by atoms with Gasteiger partial charge in [-0.2, -0.15) is 0 Å². The topological polar surface area (TPSA) is 47.3 Å². The van der Waals surface area contributed by atoms with E-state index in [9.17, 15) is 0 Å². The van der Waals surface area contributed by atoms with Crippen LogP contribution in [0.4, 0.5) is 0 Å². The Labute approximate surface area is 97.0 Å². The molecule has 1 heterocycles. The van der Waals surface area contributed by atoms with Crippen molar-refractivity contribution >= 4 is 0 Å². The van der Waals surface area contributed by atoms with E-state index in [1.54, 1.807) is 0 Å². The van der Waals surface area contributed by atoms with Crippen molar-refractivity contribution in [1.29, 1.82) is 0 Å². The third-order valence-corrected chi connectivity index (χ3v) is 3.15.